The Kier molecular flexibility index (Phi) is 7.70. The molecule has 0 aliphatic carbocycles. The molecule has 2 unspecified atom stereocenters. The van der Waals surface area contributed by atoms with Gasteiger partial charge in [-0.2, -0.15) is 13.2 Å². The first-order valence-electron chi connectivity index (χ1n) is 6.71. The molecule has 0 amide bonds. The van der Waals surface area contributed by atoms with Gasteiger partial charge in [-0.15, -0.1) is 0 Å². The smallest absolute Gasteiger partial charge is 0.379 e. The molecule has 0 radical (unpaired) electrons. The number of ether oxygens (including phenoxy) is 1. The predicted molar refractivity (Wildman–Crippen MR) is 86.8 cm³/mol. The normalized spacial score (nSPS) is 29.7. The van der Waals surface area contributed by atoms with Crippen LogP contribution in [0.5, 0.6) is 0 Å². The van der Waals surface area contributed by atoms with Crippen LogP contribution in [0.15, 0.2) is 0 Å². The number of piperidine rings is 1. The number of hydrogen-bond acceptors (Lipinski definition) is 6. The van der Waals surface area contributed by atoms with Crippen molar-refractivity contribution >= 4 is 42.6 Å². The van der Waals surface area contributed by atoms with Crippen molar-refractivity contribution in [1.29, 1.82) is 0 Å². The Balaban J connectivity index is 1.91. The van der Waals surface area contributed by atoms with Gasteiger partial charge in [0.05, 0.1) is 35.0 Å². The molecule has 2 aliphatic heterocycles. The van der Waals surface area contributed by atoms with Gasteiger partial charge in [0.25, 0.3) is 0 Å². The van der Waals surface area contributed by atoms with Crippen molar-refractivity contribution < 1.29 is 22.1 Å². The van der Waals surface area contributed by atoms with E-state index in [0.29, 0.717) is 26.4 Å². The number of halogens is 4. The predicted octanol–water partition coefficient (Wildman–Crippen LogP) is 3.40. The van der Waals surface area contributed by atoms with E-state index in [-0.39, 0.29) is 18.9 Å². The molecule has 0 aromatic heterocycles. The van der Waals surface area contributed by atoms with Gasteiger partial charge >= 0.3 is 6.18 Å². The summed E-state index contributed by atoms with van der Waals surface area (Å²) in [6.45, 7) is 3.83. The monoisotopic (exact) mass is 458 g/mol. The Morgan fingerprint density at radius 1 is 1.19 bits per heavy atom. The molecule has 2 saturated heterocycles. The van der Waals surface area contributed by atoms with Crippen molar-refractivity contribution in [3.63, 3.8) is 0 Å². The van der Waals surface area contributed by atoms with Gasteiger partial charge in [-0.3, -0.25) is 0 Å². The minimum atomic E-state index is -4.14. The molecule has 0 aromatic rings. The Hall–Kier alpha value is 1.06. The van der Waals surface area contributed by atoms with Gasteiger partial charge in [0, 0.05) is 59.5 Å². The van der Waals surface area contributed by atoms with Gasteiger partial charge in [-0.25, -0.2) is 8.61 Å². The number of nitrogens with zero attached hydrogens (tertiary/aromatic N) is 2. The summed E-state index contributed by atoms with van der Waals surface area (Å²) < 4.78 is 53.6. The third-order valence-corrected chi connectivity index (χ3v) is 5.63. The lowest BCUT2D eigenvalue weighted by Crippen LogP contribution is -2.46. The van der Waals surface area contributed by atoms with Gasteiger partial charge in [0.1, 0.15) is 0 Å². The topological polar surface area (TPSA) is 24.9 Å². The molecule has 124 valence electrons. The first-order chi connectivity index (χ1) is 9.99. The maximum atomic E-state index is 13.1. The maximum Gasteiger partial charge on any atom is 0.393 e. The molecule has 0 N–H and O–H groups in total. The molecule has 0 bridgehead atoms. The van der Waals surface area contributed by atoms with Crippen molar-refractivity contribution in [2.24, 2.45) is 11.8 Å². The van der Waals surface area contributed by atoms with Crippen LogP contribution in [0.25, 0.3) is 0 Å². The highest BCUT2D eigenvalue weighted by molar-refractivity contribution is 14.2. The highest BCUT2D eigenvalue weighted by Crippen LogP contribution is 2.38. The van der Waals surface area contributed by atoms with Crippen LogP contribution >= 0.6 is 42.6 Å². The molecule has 0 aromatic carbocycles. The fraction of sp³-hybridized carbons (Fsp3) is 1.00. The maximum absolute atomic E-state index is 13.1. The highest BCUT2D eigenvalue weighted by Gasteiger charge is 2.45. The lowest BCUT2D eigenvalue weighted by atomic mass is 9.90. The second kappa shape index (κ2) is 8.78. The second-order valence-electron chi connectivity index (χ2n) is 5.16. The number of hydrogen-bond donors (Lipinski definition) is 0. The van der Waals surface area contributed by atoms with Crippen LogP contribution in [0.2, 0.25) is 0 Å². The third kappa shape index (κ3) is 6.22. The summed E-state index contributed by atoms with van der Waals surface area (Å²) in [5.41, 5.74) is 0. The van der Waals surface area contributed by atoms with E-state index in [4.69, 9.17) is 8.92 Å². The quantitative estimate of drug-likeness (QED) is 0.356. The molecule has 2 aliphatic rings. The summed E-state index contributed by atoms with van der Waals surface area (Å²) >= 11 is 3.41. The molecule has 4 nitrogen and oxygen atoms in total. The molecule has 2 rings (SSSR count). The fourth-order valence-corrected chi connectivity index (χ4v) is 4.35. The molecular formula is C11H18F3IN2O2S2. The summed E-state index contributed by atoms with van der Waals surface area (Å²) in [6.07, 6.45) is -3.99. The first-order valence-corrected chi connectivity index (χ1v) is 10.7. The molecular weight excluding hydrogens is 440 g/mol. The molecule has 21 heavy (non-hydrogen) atoms. The van der Waals surface area contributed by atoms with E-state index >= 15 is 0 Å². The van der Waals surface area contributed by atoms with Crippen LogP contribution in [0, 0.1) is 11.8 Å². The van der Waals surface area contributed by atoms with Gasteiger partial charge in [0.2, 0.25) is 0 Å². The van der Waals surface area contributed by atoms with Gasteiger partial charge in [-0.1, -0.05) is 0 Å². The number of alkyl halides is 3. The van der Waals surface area contributed by atoms with Crippen LogP contribution in [0.4, 0.5) is 13.2 Å². The number of rotatable bonds is 5. The molecule has 2 heterocycles. The Bertz CT molecular complexity index is 322. The van der Waals surface area contributed by atoms with E-state index in [2.05, 4.69) is 4.31 Å². The SMILES string of the molecule is FC(F)(F)C1CC(COSI)CN(SN2CCOCC2)C1. The largest absolute Gasteiger partial charge is 0.393 e. The lowest BCUT2D eigenvalue weighted by molar-refractivity contribution is -0.187. The van der Waals surface area contributed by atoms with Crippen LogP contribution in [0.1, 0.15) is 6.42 Å². The van der Waals surface area contributed by atoms with E-state index in [1.165, 1.54) is 21.3 Å². The third-order valence-electron chi connectivity index (χ3n) is 3.52. The Morgan fingerprint density at radius 2 is 1.90 bits per heavy atom. The lowest BCUT2D eigenvalue weighted by Gasteiger charge is -2.39. The van der Waals surface area contributed by atoms with Crippen LogP contribution < -0.4 is 0 Å². The van der Waals surface area contributed by atoms with E-state index in [1.807, 2.05) is 25.5 Å². The van der Waals surface area contributed by atoms with Crippen molar-refractivity contribution in [2.75, 3.05) is 46.0 Å². The van der Waals surface area contributed by atoms with E-state index in [1.54, 1.807) is 0 Å². The van der Waals surface area contributed by atoms with Gasteiger partial charge < -0.3 is 8.92 Å². The zero-order valence-electron chi connectivity index (χ0n) is 11.4. The molecule has 0 spiro atoms. The van der Waals surface area contributed by atoms with Crippen LogP contribution in [0.3, 0.4) is 0 Å². The van der Waals surface area contributed by atoms with Crippen LogP contribution in [-0.2, 0) is 8.92 Å². The molecule has 10 heteroatoms. The minimum Gasteiger partial charge on any atom is -0.379 e. The van der Waals surface area contributed by atoms with Crippen molar-refractivity contribution in [1.82, 2.24) is 8.61 Å². The van der Waals surface area contributed by atoms with Gasteiger partial charge in [0.15, 0.2) is 0 Å². The Morgan fingerprint density at radius 3 is 2.52 bits per heavy atom. The summed E-state index contributed by atoms with van der Waals surface area (Å²) in [4.78, 5) is 0. The molecule has 0 saturated carbocycles. The zero-order valence-corrected chi connectivity index (χ0v) is 15.1. The summed E-state index contributed by atoms with van der Waals surface area (Å²) in [6, 6.07) is 0. The summed E-state index contributed by atoms with van der Waals surface area (Å²) in [5.74, 6) is -1.35. The van der Waals surface area contributed by atoms with Crippen LogP contribution in [-0.4, -0.2) is 60.8 Å². The number of morpholine rings is 1. The van der Waals surface area contributed by atoms with Crippen molar-refractivity contribution in [3.8, 4) is 0 Å². The molecule has 2 atom stereocenters. The molecule has 2 fully saturated rings. The summed E-state index contributed by atoms with van der Waals surface area (Å²) in [7, 11) is 1.18. The fourth-order valence-electron chi connectivity index (χ4n) is 2.50. The van der Waals surface area contributed by atoms with Gasteiger partial charge in [-0.05, 0) is 12.3 Å². The van der Waals surface area contributed by atoms with Crippen molar-refractivity contribution in [3.05, 3.63) is 0 Å². The average molecular weight is 458 g/mol. The van der Waals surface area contributed by atoms with Crippen molar-refractivity contribution in [2.45, 2.75) is 12.6 Å². The Labute approximate surface area is 143 Å². The zero-order chi connectivity index (χ0) is 15.3. The average Bonchev–Trinajstić information content (AvgIpc) is 2.45. The standard InChI is InChI=1S/C11H18F3IN2O2S2/c12-11(13,14)10-5-9(8-19-20-15)6-17(7-10)21-16-1-3-18-4-2-16/h9-10H,1-8H2. The first kappa shape index (κ1) is 18.4. The summed E-state index contributed by atoms with van der Waals surface area (Å²) in [5, 5.41) is 0. The van der Waals surface area contributed by atoms with E-state index in [0.717, 1.165) is 13.1 Å². The highest BCUT2D eigenvalue weighted by atomic mass is 127. The minimum absolute atomic E-state index is 0.0550. The van der Waals surface area contributed by atoms with E-state index in [9.17, 15) is 13.2 Å². The second-order valence-corrected chi connectivity index (χ2v) is 7.79. The van der Waals surface area contributed by atoms with E-state index < -0.39 is 12.1 Å².